The second-order valence-electron chi connectivity index (χ2n) is 6.45. The Balaban J connectivity index is 1.84. The van der Waals surface area contributed by atoms with Gasteiger partial charge in [-0.15, -0.1) is 0 Å². The van der Waals surface area contributed by atoms with E-state index in [0.29, 0.717) is 34.5 Å². The van der Waals surface area contributed by atoms with Gasteiger partial charge in [0.05, 0.1) is 11.8 Å². The molecule has 0 aliphatic rings. The molecule has 0 aliphatic carbocycles. The number of benzene rings is 2. The van der Waals surface area contributed by atoms with E-state index < -0.39 is 0 Å². The number of carbonyl (C=O) groups is 1. The molecule has 6 heteroatoms. The van der Waals surface area contributed by atoms with Crippen molar-refractivity contribution in [2.75, 3.05) is 6.54 Å². The van der Waals surface area contributed by atoms with Crippen LogP contribution in [0.5, 0.6) is 11.5 Å². The third-order valence-corrected chi connectivity index (χ3v) is 4.97. The lowest BCUT2D eigenvalue weighted by Gasteiger charge is -2.14. The average molecular weight is 467 g/mol. The zero-order valence-corrected chi connectivity index (χ0v) is 17.9. The normalized spacial score (nSPS) is 11.6. The Morgan fingerprint density at radius 2 is 2.10 bits per heavy atom. The van der Waals surface area contributed by atoms with E-state index >= 15 is 0 Å². The molecule has 0 radical (unpaired) electrons. The fourth-order valence-electron chi connectivity index (χ4n) is 2.96. The van der Waals surface area contributed by atoms with Gasteiger partial charge in [0, 0.05) is 33.7 Å². The van der Waals surface area contributed by atoms with Gasteiger partial charge >= 0.3 is 0 Å². The van der Waals surface area contributed by atoms with Gasteiger partial charge in [0.15, 0.2) is 0 Å². The number of allylic oxidation sites excluding steroid dienone is 2. The molecule has 1 aromatic heterocycles. The number of carbonyl (C=O) groups excluding carboxylic acids is 1. The van der Waals surface area contributed by atoms with Gasteiger partial charge in [0.2, 0.25) is 0 Å². The van der Waals surface area contributed by atoms with Crippen molar-refractivity contribution < 1.29 is 13.9 Å². The summed E-state index contributed by atoms with van der Waals surface area (Å²) in [6.45, 7) is 5.60. The molecule has 152 valence electrons. The molecule has 1 N–H and O–H groups in total. The molecule has 0 saturated heterocycles. The first kappa shape index (κ1) is 21.5. The Labute approximate surface area is 182 Å². The van der Waals surface area contributed by atoms with Crippen LogP contribution in [-0.4, -0.2) is 17.4 Å². The van der Waals surface area contributed by atoms with Crippen LogP contribution < -0.4 is 10.1 Å². The monoisotopic (exact) mass is 466 g/mol. The molecule has 3 aromatic rings. The predicted molar refractivity (Wildman–Crippen MR) is 122 cm³/mol. The first-order valence-electron chi connectivity index (χ1n) is 9.21. The Morgan fingerprint density at radius 1 is 1.27 bits per heavy atom. The third kappa shape index (κ3) is 5.02. The fraction of sp³-hybridized carbons (Fsp3) is 0.0833. The minimum absolute atomic E-state index is 0.180. The zero-order valence-electron chi connectivity index (χ0n) is 16.4. The summed E-state index contributed by atoms with van der Waals surface area (Å²) in [4.78, 5) is 17.0. The largest absolute Gasteiger partial charge is 0.456 e. The van der Waals surface area contributed by atoms with Crippen molar-refractivity contribution in [1.82, 2.24) is 10.3 Å². The van der Waals surface area contributed by atoms with E-state index in [0.717, 1.165) is 15.4 Å². The molecule has 0 spiro atoms. The van der Waals surface area contributed by atoms with Gasteiger partial charge in [0.1, 0.15) is 11.5 Å². The number of halogens is 2. The van der Waals surface area contributed by atoms with Crippen LogP contribution in [0.1, 0.15) is 15.9 Å². The summed E-state index contributed by atoms with van der Waals surface area (Å²) in [6, 6.07) is 12.9. The maximum absolute atomic E-state index is 12.7. The van der Waals surface area contributed by atoms with E-state index in [4.69, 9.17) is 4.74 Å². The maximum atomic E-state index is 12.7. The molecule has 0 aliphatic heterocycles. The number of hydrogen-bond donors (Lipinski definition) is 1. The topological polar surface area (TPSA) is 51.2 Å². The van der Waals surface area contributed by atoms with Crippen molar-refractivity contribution in [2.24, 2.45) is 0 Å². The number of fused-ring (bicyclic) bond motifs is 1. The summed E-state index contributed by atoms with van der Waals surface area (Å²) in [7, 11) is 0. The highest BCUT2D eigenvalue weighted by atomic mass is 79.9. The molecule has 0 bridgehead atoms. The number of aromatic nitrogens is 1. The average Bonchev–Trinajstić information content (AvgIpc) is 2.73. The van der Waals surface area contributed by atoms with Gasteiger partial charge in [-0.1, -0.05) is 40.7 Å². The van der Waals surface area contributed by atoms with Crippen LogP contribution in [-0.2, 0) is 0 Å². The fourth-order valence-corrected chi connectivity index (χ4v) is 3.31. The molecule has 4 nitrogen and oxygen atoms in total. The predicted octanol–water partition coefficient (Wildman–Crippen LogP) is 6.42. The molecular weight excluding hydrogens is 447 g/mol. The van der Waals surface area contributed by atoms with E-state index in [2.05, 4.69) is 32.8 Å². The van der Waals surface area contributed by atoms with Crippen molar-refractivity contribution >= 4 is 32.7 Å². The minimum Gasteiger partial charge on any atom is -0.456 e. The van der Waals surface area contributed by atoms with E-state index in [1.54, 1.807) is 36.5 Å². The maximum Gasteiger partial charge on any atom is 0.251 e. The highest BCUT2D eigenvalue weighted by molar-refractivity contribution is 9.10. The zero-order chi connectivity index (χ0) is 21.5. The van der Waals surface area contributed by atoms with Gasteiger partial charge in [-0.25, -0.2) is 4.39 Å². The number of pyridine rings is 1. The third-order valence-electron chi connectivity index (χ3n) is 4.48. The van der Waals surface area contributed by atoms with Crippen molar-refractivity contribution in [3.05, 3.63) is 101 Å². The first-order chi connectivity index (χ1) is 14.5. The van der Waals surface area contributed by atoms with Gasteiger partial charge in [-0.2, -0.15) is 0 Å². The summed E-state index contributed by atoms with van der Waals surface area (Å²) in [5, 5.41) is 3.66. The SMILES string of the molecule is C=C/C=C(\C=C/F)CNC(=O)c1cccc(Oc2ccnc3cc(Br)ccc23)c1C. The quantitative estimate of drug-likeness (QED) is 0.408. The summed E-state index contributed by atoms with van der Waals surface area (Å²) < 4.78 is 19.5. The van der Waals surface area contributed by atoms with Crippen LogP contribution in [0.25, 0.3) is 10.9 Å². The Morgan fingerprint density at radius 3 is 2.87 bits per heavy atom. The highest BCUT2D eigenvalue weighted by Crippen LogP contribution is 2.32. The summed E-state index contributed by atoms with van der Waals surface area (Å²) in [6.07, 6.45) is 6.57. The molecule has 0 saturated carbocycles. The lowest BCUT2D eigenvalue weighted by atomic mass is 10.1. The number of hydrogen-bond acceptors (Lipinski definition) is 3. The summed E-state index contributed by atoms with van der Waals surface area (Å²) in [5.41, 5.74) is 2.58. The number of nitrogens with one attached hydrogen (secondary N) is 1. The number of nitrogens with zero attached hydrogens (tertiary/aromatic N) is 1. The number of amides is 1. The second-order valence-corrected chi connectivity index (χ2v) is 7.37. The standard InChI is InChI=1S/C24H20BrFN2O2/c1-3-5-17(10-12-26)15-28-24(29)19-6-4-7-22(16(19)2)30-23-11-13-27-21-14-18(25)8-9-20(21)23/h3-14H,1,15H2,2H3,(H,28,29)/b12-10-,17-5+. The molecule has 2 aromatic carbocycles. The second kappa shape index (κ2) is 9.98. The number of rotatable bonds is 7. The molecule has 1 amide bonds. The van der Waals surface area contributed by atoms with Gasteiger partial charge in [0.25, 0.3) is 5.91 Å². The van der Waals surface area contributed by atoms with Crippen molar-refractivity contribution in [3.63, 3.8) is 0 Å². The number of ether oxygens (including phenoxy) is 1. The van der Waals surface area contributed by atoms with E-state index in [-0.39, 0.29) is 12.5 Å². The van der Waals surface area contributed by atoms with Crippen LogP contribution in [0.3, 0.4) is 0 Å². The molecule has 0 atom stereocenters. The highest BCUT2D eigenvalue weighted by Gasteiger charge is 2.14. The van der Waals surface area contributed by atoms with E-state index in [1.807, 2.05) is 31.2 Å². The van der Waals surface area contributed by atoms with E-state index in [1.165, 1.54) is 6.08 Å². The molecule has 0 unspecified atom stereocenters. The minimum atomic E-state index is -0.274. The lowest BCUT2D eigenvalue weighted by molar-refractivity contribution is 0.0956. The van der Waals surface area contributed by atoms with Crippen molar-refractivity contribution in [2.45, 2.75) is 6.92 Å². The Kier molecular flexibility index (Phi) is 7.14. The van der Waals surface area contributed by atoms with Crippen molar-refractivity contribution in [3.8, 4) is 11.5 Å². The van der Waals surface area contributed by atoms with Gasteiger partial charge in [-0.05, 0) is 55.0 Å². The molecule has 3 rings (SSSR count). The lowest BCUT2D eigenvalue weighted by Crippen LogP contribution is -2.26. The van der Waals surface area contributed by atoms with Gasteiger partial charge in [-0.3, -0.25) is 9.78 Å². The van der Waals surface area contributed by atoms with Crippen LogP contribution >= 0.6 is 15.9 Å². The molecule has 0 fully saturated rings. The molecule has 1 heterocycles. The van der Waals surface area contributed by atoms with Crippen LogP contribution in [0, 0.1) is 6.92 Å². The Bertz CT molecular complexity index is 1160. The summed E-state index contributed by atoms with van der Waals surface area (Å²) >= 11 is 3.45. The first-order valence-corrected chi connectivity index (χ1v) is 10.0. The molecular formula is C24H20BrFN2O2. The van der Waals surface area contributed by atoms with Crippen LogP contribution in [0.2, 0.25) is 0 Å². The summed E-state index contributed by atoms with van der Waals surface area (Å²) in [5.74, 6) is 0.949. The molecule has 30 heavy (non-hydrogen) atoms. The van der Waals surface area contributed by atoms with Gasteiger partial charge < -0.3 is 10.1 Å². The van der Waals surface area contributed by atoms with E-state index in [9.17, 15) is 9.18 Å². The Hall–Kier alpha value is -3.25. The van der Waals surface area contributed by atoms with Crippen LogP contribution in [0.4, 0.5) is 4.39 Å². The van der Waals surface area contributed by atoms with Crippen LogP contribution in [0.15, 0.2) is 89.8 Å². The van der Waals surface area contributed by atoms with Crippen molar-refractivity contribution in [1.29, 1.82) is 0 Å². The smallest absolute Gasteiger partial charge is 0.251 e.